The Morgan fingerprint density at radius 3 is 2.92 bits per heavy atom. The Labute approximate surface area is 143 Å². The highest BCUT2D eigenvalue weighted by atomic mass is 16.3. The van der Waals surface area contributed by atoms with Gasteiger partial charge in [-0.1, -0.05) is 6.92 Å². The zero-order valence-corrected chi connectivity index (χ0v) is 14.6. The Bertz CT molecular complexity index is 715. The van der Waals surface area contributed by atoms with Gasteiger partial charge in [0.25, 0.3) is 0 Å². The van der Waals surface area contributed by atoms with E-state index in [-0.39, 0.29) is 6.10 Å². The Morgan fingerprint density at radius 1 is 1.33 bits per heavy atom. The van der Waals surface area contributed by atoms with Crippen molar-refractivity contribution in [1.82, 2.24) is 24.5 Å². The van der Waals surface area contributed by atoms with E-state index in [1.807, 2.05) is 6.20 Å². The molecule has 2 aromatic heterocycles. The molecule has 4 rings (SSSR count). The molecule has 2 aliphatic rings. The Hall–Kier alpha value is -1.66. The van der Waals surface area contributed by atoms with Gasteiger partial charge in [-0.2, -0.15) is 10.2 Å². The van der Waals surface area contributed by atoms with Crippen LogP contribution in [0.2, 0.25) is 0 Å². The molecule has 1 aliphatic carbocycles. The quantitative estimate of drug-likeness (QED) is 0.883. The van der Waals surface area contributed by atoms with Crippen LogP contribution in [0.3, 0.4) is 0 Å². The summed E-state index contributed by atoms with van der Waals surface area (Å²) in [5.74, 6) is 0.435. The fourth-order valence-corrected chi connectivity index (χ4v) is 3.59. The Morgan fingerprint density at radius 2 is 2.17 bits per heavy atom. The molecular formula is C18H27N5O. The van der Waals surface area contributed by atoms with Crippen LogP contribution in [-0.4, -0.2) is 36.1 Å². The summed E-state index contributed by atoms with van der Waals surface area (Å²) in [4.78, 5) is 2.45. The van der Waals surface area contributed by atoms with Crippen molar-refractivity contribution in [3.63, 3.8) is 0 Å². The molecule has 2 aromatic rings. The average molecular weight is 329 g/mol. The van der Waals surface area contributed by atoms with Gasteiger partial charge in [-0.05, 0) is 38.2 Å². The molecule has 3 heterocycles. The van der Waals surface area contributed by atoms with E-state index >= 15 is 0 Å². The zero-order chi connectivity index (χ0) is 16.7. The third kappa shape index (κ3) is 3.00. The summed E-state index contributed by atoms with van der Waals surface area (Å²) in [5.41, 5.74) is 4.67. The highest BCUT2D eigenvalue weighted by molar-refractivity contribution is 5.18. The van der Waals surface area contributed by atoms with Crippen molar-refractivity contribution in [1.29, 1.82) is 0 Å². The summed E-state index contributed by atoms with van der Waals surface area (Å²) in [6.07, 6.45) is 5.02. The lowest BCUT2D eigenvalue weighted by Crippen LogP contribution is -2.33. The average Bonchev–Trinajstić information content (AvgIpc) is 3.26. The van der Waals surface area contributed by atoms with Gasteiger partial charge >= 0.3 is 0 Å². The second kappa shape index (κ2) is 6.33. The van der Waals surface area contributed by atoms with Crippen LogP contribution in [-0.2, 0) is 26.2 Å². The molecule has 1 aliphatic heterocycles. The summed E-state index contributed by atoms with van der Waals surface area (Å²) in [6, 6.07) is 2.10. The Kier molecular flexibility index (Phi) is 4.18. The summed E-state index contributed by atoms with van der Waals surface area (Å²) in [6.45, 7) is 9.04. The predicted molar refractivity (Wildman–Crippen MR) is 91.3 cm³/mol. The first-order valence-corrected chi connectivity index (χ1v) is 9.14. The molecule has 0 amide bonds. The molecule has 1 saturated carbocycles. The molecule has 0 saturated heterocycles. The summed E-state index contributed by atoms with van der Waals surface area (Å²) >= 11 is 0. The molecule has 0 aromatic carbocycles. The summed E-state index contributed by atoms with van der Waals surface area (Å²) in [7, 11) is 0. The smallest absolute Gasteiger partial charge is 0.101 e. The van der Waals surface area contributed by atoms with E-state index in [9.17, 15) is 5.11 Å². The molecule has 0 bridgehead atoms. The lowest BCUT2D eigenvalue weighted by molar-refractivity contribution is 0.147. The van der Waals surface area contributed by atoms with Gasteiger partial charge in [0, 0.05) is 37.4 Å². The first-order chi connectivity index (χ1) is 11.7. The highest BCUT2D eigenvalue weighted by Gasteiger charge is 2.33. The summed E-state index contributed by atoms with van der Waals surface area (Å²) in [5, 5.41) is 19.4. The lowest BCUT2D eigenvalue weighted by Gasteiger charge is -2.27. The molecule has 6 nitrogen and oxygen atoms in total. The number of aromatic nitrogens is 4. The van der Waals surface area contributed by atoms with Gasteiger partial charge < -0.3 is 5.11 Å². The van der Waals surface area contributed by atoms with Gasteiger partial charge in [0.05, 0.1) is 24.1 Å². The monoisotopic (exact) mass is 329 g/mol. The van der Waals surface area contributed by atoms with Gasteiger partial charge in [0.1, 0.15) is 6.10 Å². The minimum absolute atomic E-state index is 0.369. The van der Waals surface area contributed by atoms with E-state index in [0.717, 1.165) is 57.7 Å². The van der Waals surface area contributed by atoms with Gasteiger partial charge in [-0.3, -0.25) is 14.3 Å². The fourth-order valence-electron chi connectivity index (χ4n) is 3.59. The third-order valence-corrected chi connectivity index (χ3v) is 5.30. The van der Waals surface area contributed by atoms with Crippen LogP contribution in [0.25, 0.3) is 0 Å². The zero-order valence-electron chi connectivity index (χ0n) is 14.6. The van der Waals surface area contributed by atoms with Crippen LogP contribution in [0.15, 0.2) is 12.3 Å². The van der Waals surface area contributed by atoms with E-state index < -0.39 is 0 Å². The molecule has 1 atom stereocenters. The first kappa shape index (κ1) is 15.8. The lowest BCUT2D eigenvalue weighted by atomic mass is 10.1. The topological polar surface area (TPSA) is 59.1 Å². The number of aliphatic hydroxyl groups excluding tert-OH is 1. The number of hydrogen-bond donors (Lipinski definition) is 1. The van der Waals surface area contributed by atoms with Crippen LogP contribution in [0.5, 0.6) is 0 Å². The maximum atomic E-state index is 10.3. The standard InChI is InChI=1S/C18H27N5O/c1-3-6-22-13(2)15(10-19-22)11-21-7-8-23-16(12-21)9-17(20-23)18(24)14-4-5-14/h9-10,14,18,24H,3-8,11-12H2,1-2H3. The molecular weight excluding hydrogens is 302 g/mol. The van der Waals surface area contributed by atoms with Crippen LogP contribution < -0.4 is 0 Å². The first-order valence-electron chi connectivity index (χ1n) is 9.14. The van der Waals surface area contributed by atoms with Crippen molar-refractivity contribution in [2.24, 2.45) is 5.92 Å². The fraction of sp³-hybridized carbons (Fsp3) is 0.667. The van der Waals surface area contributed by atoms with Crippen molar-refractivity contribution in [3.8, 4) is 0 Å². The SMILES string of the molecule is CCCn1ncc(CN2CCn3nc(C(O)C4CC4)cc3C2)c1C. The number of nitrogens with zero attached hydrogens (tertiary/aromatic N) is 5. The van der Waals surface area contributed by atoms with Crippen LogP contribution in [0.1, 0.15) is 54.9 Å². The summed E-state index contributed by atoms with van der Waals surface area (Å²) < 4.78 is 4.18. The van der Waals surface area contributed by atoms with Crippen molar-refractivity contribution in [3.05, 3.63) is 34.9 Å². The van der Waals surface area contributed by atoms with Gasteiger partial charge in [0.2, 0.25) is 0 Å². The molecule has 1 fully saturated rings. The van der Waals surface area contributed by atoms with E-state index in [0.29, 0.717) is 5.92 Å². The van der Waals surface area contributed by atoms with E-state index in [1.165, 1.54) is 17.0 Å². The second-order valence-electron chi connectivity index (χ2n) is 7.25. The number of rotatable bonds is 6. The molecule has 1 N–H and O–H groups in total. The van der Waals surface area contributed by atoms with E-state index in [1.54, 1.807) is 0 Å². The number of fused-ring (bicyclic) bond motifs is 1. The molecule has 24 heavy (non-hydrogen) atoms. The van der Waals surface area contributed by atoms with E-state index in [2.05, 4.69) is 44.4 Å². The molecule has 0 spiro atoms. The molecule has 1 unspecified atom stereocenters. The molecule has 130 valence electrons. The Balaban J connectivity index is 1.44. The maximum Gasteiger partial charge on any atom is 0.101 e. The van der Waals surface area contributed by atoms with Crippen LogP contribution in [0.4, 0.5) is 0 Å². The van der Waals surface area contributed by atoms with Crippen molar-refractivity contribution in [2.45, 2.75) is 65.4 Å². The predicted octanol–water partition coefficient (Wildman–Crippen LogP) is 2.26. The highest BCUT2D eigenvalue weighted by Crippen LogP contribution is 2.40. The van der Waals surface area contributed by atoms with Gasteiger partial charge in [-0.15, -0.1) is 0 Å². The largest absolute Gasteiger partial charge is 0.386 e. The normalized spacial score (nSPS) is 19.5. The van der Waals surface area contributed by atoms with Crippen molar-refractivity contribution >= 4 is 0 Å². The number of aliphatic hydroxyl groups is 1. The van der Waals surface area contributed by atoms with Crippen LogP contribution >= 0.6 is 0 Å². The van der Waals surface area contributed by atoms with Gasteiger partial charge in [0.15, 0.2) is 0 Å². The minimum atomic E-state index is -0.369. The minimum Gasteiger partial charge on any atom is -0.386 e. The van der Waals surface area contributed by atoms with Crippen molar-refractivity contribution < 1.29 is 5.11 Å². The maximum absolute atomic E-state index is 10.3. The molecule has 6 heteroatoms. The number of hydrogen-bond acceptors (Lipinski definition) is 4. The van der Waals surface area contributed by atoms with E-state index in [4.69, 9.17) is 0 Å². The van der Waals surface area contributed by atoms with Gasteiger partial charge in [-0.25, -0.2) is 0 Å². The van der Waals surface area contributed by atoms with Crippen LogP contribution in [0, 0.1) is 12.8 Å². The molecule has 0 radical (unpaired) electrons. The van der Waals surface area contributed by atoms with Crippen molar-refractivity contribution in [2.75, 3.05) is 6.54 Å². The second-order valence-corrected chi connectivity index (χ2v) is 7.25. The third-order valence-electron chi connectivity index (χ3n) is 5.30. The number of aryl methyl sites for hydroxylation is 1.